The maximum Gasteiger partial charge on any atom is 0.338 e. The molecule has 0 aromatic heterocycles. The van der Waals surface area contributed by atoms with Crippen molar-refractivity contribution in [3.05, 3.63) is 66.2 Å². The normalized spacial score (nSPS) is 26.9. The summed E-state index contributed by atoms with van der Waals surface area (Å²) in [4.78, 5) is 40.4. The van der Waals surface area contributed by atoms with Crippen LogP contribution in [0.1, 0.15) is 17.3 Å². The van der Waals surface area contributed by atoms with Gasteiger partial charge in [-0.3, -0.25) is 9.59 Å². The lowest BCUT2D eigenvalue weighted by Gasteiger charge is -2.23. The molecule has 2 amide bonds. The maximum absolute atomic E-state index is 13.4. The number of hydrogen-bond donors (Lipinski definition) is 1. The summed E-state index contributed by atoms with van der Waals surface area (Å²) in [5.41, 5.74) is 0.712. The molecule has 8 nitrogen and oxygen atoms in total. The van der Waals surface area contributed by atoms with Gasteiger partial charge in [-0.15, -0.1) is 0 Å². The van der Waals surface area contributed by atoms with Crippen molar-refractivity contribution in [1.29, 1.82) is 0 Å². The smallest absolute Gasteiger partial charge is 0.338 e. The van der Waals surface area contributed by atoms with Crippen LogP contribution in [-0.2, 0) is 19.1 Å². The first-order valence-corrected chi connectivity index (χ1v) is 10.9. The minimum atomic E-state index is -0.823. The van der Waals surface area contributed by atoms with E-state index >= 15 is 0 Å². The number of methoxy groups -OCH3 is 1. The van der Waals surface area contributed by atoms with Crippen LogP contribution in [0.25, 0.3) is 0 Å². The number of esters is 1. The molecule has 2 bridgehead atoms. The van der Waals surface area contributed by atoms with Crippen LogP contribution in [0.5, 0.6) is 5.75 Å². The monoisotopic (exact) mass is 448 g/mol. The van der Waals surface area contributed by atoms with Gasteiger partial charge in [-0.1, -0.05) is 18.2 Å². The number of nitrogens with one attached hydrogen (secondary N) is 1. The number of carbonyl (C=O) groups excluding carboxylic acids is 3. The molecular weight excluding hydrogens is 424 g/mol. The third-order valence-corrected chi connectivity index (χ3v) is 6.43. The zero-order valence-corrected chi connectivity index (χ0v) is 18.3. The van der Waals surface area contributed by atoms with E-state index in [1.807, 2.05) is 24.3 Å². The molecule has 1 unspecified atom stereocenters. The number of carbonyl (C=O) groups is 3. The van der Waals surface area contributed by atoms with E-state index in [1.54, 1.807) is 55.3 Å². The van der Waals surface area contributed by atoms with Crippen molar-refractivity contribution in [2.45, 2.75) is 18.6 Å². The Morgan fingerprint density at radius 2 is 2.00 bits per heavy atom. The zero-order valence-electron chi connectivity index (χ0n) is 18.3. The molecule has 170 valence electrons. The maximum atomic E-state index is 13.4. The standard InChI is InChI=1S/C25H24N2O6/c1-3-32-24(30)15-5-4-6-16(13-15)26-22(28)20-19-11-12-25(33-19)14-27(23(29)21(20)25)17-7-9-18(31-2)10-8-17/h4-13,19-21H,3,14H2,1-2H3,(H,26,28)/t19-,20?,21-,25+/m0/s1. The van der Waals surface area contributed by atoms with Crippen LogP contribution in [0.4, 0.5) is 11.4 Å². The summed E-state index contributed by atoms with van der Waals surface area (Å²) >= 11 is 0. The summed E-state index contributed by atoms with van der Waals surface area (Å²) in [6.45, 7) is 2.34. The topological polar surface area (TPSA) is 94.2 Å². The molecular formula is C25H24N2O6. The van der Waals surface area contributed by atoms with Crippen molar-refractivity contribution < 1.29 is 28.6 Å². The summed E-state index contributed by atoms with van der Waals surface area (Å²) in [5.74, 6) is -1.52. The number of nitrogens with zero attached hydrogens (tertiary/aromatic N) is 1. The van der Waals surface area contributed by atoms with Crippen molar-refractivity contribution in [2.24, 2.45) is 11.8 Å². The van der Waals surface area contributed by atoms with Crippen LogP contribution in [0.15, 0.2) is 60.7 Å². The van der Waals surface area contributed by atoms with Gasteiger partial charge in [0.25, 0.3) is 0 Å². The number of amides is 2. The van der Waals surface area contributed by atoms with Gasteiger partial charge in [-0.25, -0.2) is 4.79 Å². The lowest BCUT2D eigenvalue weighted by atomic mass is 9.76. The van der Waals surface area contributed by atoms with Gasteiger partial charge in [0, 0.05) is 11.4 Å². The van der Waals surface area contributed by atoms with Gasteiger partial charge in [0.2, 0.25) is 11.8 Å². The third kappa shape index (κ3) is 3.47. The molecule has 3 heterocycles. The second-order valence-corrected chi connectivity index (χ2v) is 8.31. The van der Waals surface area contributed by atoms with Crippen molar-refractivity contribution in [3.63, 3.8) is 0 Å². The summed E-state index contributed by atoms with van der Waals surface area (Å²) in [5, 5.41) is 2.86. The lowest BCUT2D eigenvalue weighted by Crippen LogP contribution is -2.41. The highest BCUT2D eigenvalue weighted by Gasteiger charge is 2.67. The van der Waals surface area contributed by atoms with Gasteiger partial charge >= 0.3 is 5.97 Å². The molecule has 8 heteroatoms. The highest BCUT2D eigenvalue weighted by Crippen LogP contribution is 2.52. The molecule has 5 rings (SSSR count). The van der Waals surface area contributed by atoms with Gasteiger partial charge in [0.15, 0.2) is 0 Å². The third-order valence-electron chi connectivity index (χ3n) is 6.43. The van der Waals surface area contributed by atoms with Gasteiger partial charge in [-0.05, 0) is 49.4 Å². The first kappa shape index (κ1) is 21.2. The fraction of sp³-hybridized carbons (Fsp3) is 0.320. The van der Waals surface area contributed by atoms with Crippen LogP contribution in [0, 0.1) is 11.8 Å². The molecule has 0 saturated carbocycles. The van der Waals surface area contributed by atoms with Gasteiger partial charge in [0.05, 0.1) is 43.8 Å². The molecule has 2 aromatic rings. The first-order chi connectivity index (χ1) is 16.0. The average molecular weight is 448 g/mol. The van der Waals surface area contributed by atoms with E-state index in [0.29, 0.717) is 23.5 Å². The Hall–Kier alpha value is -3.65. The van der Waals surface area contributed by atoms with Crippen molar-refractivity contribution in [2.75, 3.05) is 30.5 Å². The number of anilines is 2. The molecule has 1 N–H and O–H groups in total. The molecule has 0 aliphatic carbocycles. The summed E-state index contributed by atoms with van der Waals surface area (Å²) in [7, 11) is 1.59. The van der Waals surface area contributed by atoms with E-state index in [4.69, 9.17) is 14.2 Å². The molecule has 1 spiro atoms. The van der Waals surface area contributed by atoms with E-state index in [9.17, 15) is 14.4 Å². The molecule has 0 radical (unpaired) electrons. The molecule has 33 heavy (non-hydrogen) atoms. The predicted molar refractivity (Wildman–Crippen MR) is 120 cm³/mol. The van der Waals surface area contributed by atoms with Crippen LogP contribution in [-0.4, -0.2) is 49.8 Å². The van der Waals surface area contributed by atoms with Crippen LogP contribution in [0.3, 0.4) is 0 Å². The Bertz CT molecular complexity index is 1140. The van der Waals surface area contributed by atoms with Crippen LogP contribution >= 0.6 is 0 Å². The van der Waals surface area contributed by atoms with E-state index < -0.39 is 29.5 Å². The van der Waals surface area contributed by atoms with Gasteiger partial charge < -0.3 is 24.4 Å². The molecule has 2 aromatic carbocycles. The van der Waals surface area contributed by atoms with Crippen LogP contribution < -0.4 is 15.0 Å². The molecule has 2 fully saturated rings. The first-order valence-electron chi connectivity index (χ1n) is 10.9. The average Bonchev–Trinajstić information content (AvgIpc) is 3.47. The van der Waals surface area contributed by atoms with Gasteiger partial charge in [-0.2, -0.15) is 0 Å². The Kier molecular flexibility index (Phi) is 5.17. The highest BCUT2D eigenvalue weighted by molar-refractivity contribution is 6.05. The number of rotatable bonds is 6. The van der Waals surface area contributed by atoms with Crippen molar-refractivity contribution in [3.8, 4) is 5.75 Å². The summed E-state index contributed by atoms with van der Waals surface area (Å²) in [6.07, 6.45) is 3.31. The number of ether oxygens (including phenoxy) is 3. The number of fused-ring (bicyclic) bond motifs is 1. The van der Waals surface area contributed by atoms with E-state index in [-0.39, 0.29) is 18.4 Å². The largest absolute Gasteiger partial charge is 0.497 e. The second-order valence-electron chi connectivity index (χ2n) is 8.31. The zero-order chi connectivity index (χ0) is 23.2. The molecule has 4 atom stereocenters. The minimum Gasteiger partial charge on any atom is -0.497 e. The molecule has 2 saturated heterocycles. The quantitative estimate of drug-likeness (QED) is 0.540. The molecule has 3 aliphatic rings. The van der Waals surface area contributed by atoms with E-state index in [0.717, 1.165) is 5.69 Å². The number of hydrogen-bond acceptors (Lipinski definition) is 6. The minimum absolute atomic E-state index is 0.146. The summed E-state index contributed by atoms with van der Waals surface area (Å²) in [6, 6.07) is 13.8. The lowest BCUT2D eigenvalue weighted by molar-refractivity contribution is -0.128. The molecule has 3 aliphatic heterocycles. The fourth-order valence-corrected chi connectivity index (χ4v) is 4.94. The summed E-state index contributed by atoms with van der Waals surface area (Å²) < 4.78 is 16.4. The second kappa shape index (κ2) is 8.04. The Balaban J connectivity index is 1.37. The highest BCUT2D eigenvalue weighted by atomic mass is 16.5. The number of benzene rings is 2. The Morgan fingerprint density at radius 3 is 2.73 bits per heavy atom. The predicted octanol–water partition coefficient (Wildman–Crippen LogP) is 2.80. The van der Waals surface area contributed by atoms with Crippen molar-refractivity contribution >= 4 is 29.2 Å². The van der Waals surface area contributed by atoms with Crippen molar-refractivity contribution in [1.82, 2.24) is 0 Å². The SMILES string of the molecule is CCOC(=O)c1cccc(NC(=O)C2[C@@H]3C=C[C@]4(CN(c5ccc(OC)cc5)C(=O)[C@H]24)O3)c1. The Labute approximate surface area is 191 Å². The Morgan fingerprint density at radius 1 is 1.21 bits per heavy atom. The fourth-order valence-electron chi connectivity index (χ4n) is 4.94. The van der Waals surface area contributed by atoms with E-state index in [2.05, 4.69) is 5.32 Å². The van der Waals surface area contributed by atoms with Crippen LogP contribution in [0.2, 0.25) is 0 Å². The van der Waals surface area contributed by atoms with E-state index in [1.165, 1.54) is 0 Å². The van der Waals surface area contributed by atoms with Gasteiger partial charge in [0.1, 0.15) is 11.4 Å².